The Hall–Kier alpha value is 0. The van der Waals surface area contributed by atoms with Crippen LogP contribution in [0.1, 0.15) is 66.7 Å². The van der Waals surface area contributed by atoms with Crippen LogP contribution in [0.3, 0.4) is 0 Å². The number of rotatable bonds is 7. The van der Waals surface area contributed by atoms with Crippen LogP contribution in [-0.4, -0.2) is 0 Å². The molecule has 2 unspecified atom stereocenters. The highest BCUT2D eigenvalue weighted by molar-refractivity contribution is 4.72. The van der Waals surface area contributed by atoms with Crippen molar-refractivity contribution in [3.63, 3.8) is 0 Å². The van der Waals surface area contributed by atoms with Gasteiger partial charge in [-0.05, 0) is 17.8 Å². The van der Waals surface area contributed by atoms with Gasteiger partial charge in [0.25, 0.3) is 0 Å². The standard InChI is InChI=1S/C13H28/c1-6-10-11(5)13(9-4)12(7-2)8-3/h11-13H,6-10H2,1-5H3. The van der Waals surface area contributed by atoms with E-state index >= 15 is 0 Å². The Labute approximate surface area is 85.1 Å². The van der Waals surface area contributed by atoms with E-state index in [1.54, 1.807) is 0 Å². The average Bonchev–Trinajstić information content (AvgIpc) is 2.14. The molecule has 80 valence electrons. The Morgan fingerprint density at radius 2 is 1.38 bits per heavy atom. The molecule has 0 aliphatic carbocycles. The Morgan fingerprint density at radius 1 is 0.846 bits per heavy atom. The van der Waals surface area contributed by atoms with Crippen molar-refractivity contribution >= 4 is 0 Å². The van der Waals surface area contributed by atoms with Gasteiger partial charge < -0.3 is 0 Å². The Bertz CT molecular complexity index is 103. The minimum Gasteiger partial charge on any atom is -0.0654 e. The molecule has 0 rings (SSSR count). The van der Waals surface area contributed by atoms with Crippen molar-refractivity contribution in [1.29, 1.82) is 0 Å². The van der Waals surface area contributed by atoms with Gasteiger partial charge in [0.2, 0.25) is 0 Å². The fourth-order valence-electron chi connectivity index (χ4n) is 2.76. The van der Waals surface area contributed by atoms with Gasteiger partial charge in [-0.15, -0.1) is 0 Å². The molecule has 0 amide bonds. The summed E-state index contributed by atoms with van der Waals surface area (Å²) >= 11 is 0. The highest BCUT2D eigenvalue weighted by Gasteiger charge is 2.21. The molecule has 2 atom stereocenters. The molecule has 0 N–H and O–H groups in total. The molecule has 0 aliphatic heterocycles. The first kappa shape index (κ1) is 13.0. The Kier molecular flexibility index (Phi) is 7.41. The molecule has 13 heavy (non-hydrogen) atoms. The van der Waals surface area contributed by atoms with Gasteiger partial charge in [-0.25, -0.2) is 0 Å². The summed E-state index contributed by atoms with van der Waals surface area (Å²) < 4.78 is 0. The van der Waals surface area contributed by atoms with Crippen molar-refractivity contribution < 1.29 is 0 Å². The maximum absolute atomic E-state index is 2.44. The van der Waals surface area contributed by atoms with Crippen LogP contribution in [0.15, 0.2) is 0 Å². The molecule has 0 aromatic heterocycles. The minimum atomic E-state index is 0.930. The van der Waals surface area contributed by atoms with Crippen LogP contribution in [0.2, 0.25) is 0 Å². The van der Waals surface area contributed by atoms with E-state index in [1.807, 2.05) is 0 Å². The zero-order valence-corrected chi connectivity index (χ0v) is 10.3. The maximum Gasteiger partial charge on any atom is -0.0363 e. The van der Waals surface area contributed by atoms with Gasteiger partial charge in [-0.2, -0.15) is 0 Å². The number of hydrogen-bond acceptors (Lipinski definition) is 0. The summed E-state index contributed by atoms with van der Waals surface area (Å²) in [4.78, 5) is 0. The zero-order chi connectivity index (χ0) is 10.3. The molecule has 0 aromatic rings. The van der Waals surface area contributed by atoms with Crippen LogP contribution in [0.5, 0.6) is 0 Å². The highest BCUT2D eigenvalue weighted by atomic mass is 14.3. The molecule has 0 heterocycles. The van der Waals surface area contributed by atoms with Gasteiger partial charge in [0, 0.05) is 0 Å². The van der Waals surface area contributed by atoms with Crippen LogP contribution in [0, 0.1) is 17.8 Å². The summed E-state index contributed by atoms with van der Waals surface area (Å²) in [5.74, 6) is 2.86. The van der Waals surface area contributed by atoms with Crippen molar-refractivity contribution in [2.45, 2.75) is 66.7 Å². The summed E-state index contributed by atoms with van der Waals surface area (Å²) in [6.45, 7) is 11.8. The largest absolute Gasteiger partial charge is 0.0654 e. The monoisotopic (exact) mass is 184 g/mol. The first-order chi connectivity index (χ1) is 6.21. The molecule has 0 saturated heterocycles. The van der Waals surface area contributed by atoms with E-state index in [9.17, 15) is 0 Å². The molecule has 0 aliphatic rings. The SMILES string of the molecule is CCCC(C)C(CC)C(CC)CC. The second-order valence-corrected chi connectivity index (χ2v) is 4.41. The van der Waals surface area contributed by atoms with Crippen molar-refractivity contribution in [3.8, 4) is 0 Å². The Balaban J connectivity index is 4.11. The van der Waals surface area contributed by atoms with Crippen LogP contribution in [0.4, 0.5) is 0 Å². The van der Waals surface area contributed by atoms with Crippen LogP contribution < -0.4 is 0 Å². The molecule has 0 nitrogen and oxygen atoms in total. The topological polar surface area (TPSA) is 0 Å². The predicted molar refractivity (Wildman–Crippen MR) is 61.9 cm³/mol. The predicted octanol–water partition coefficient (Wildman–Crippen LogP) is 4.89. The van der Waals surface area contributed by atoms with E-state index in [-0.39, 0.29) is 0 Å². The summed E-state index contributed by atoms with van der Waals surface area (Å²) in [7, 11) is 0. The molecule has 0 fully saturated rings. The second kappa shape index (κ2) is 7.41. The summed E-state index contributed by atoms with van der Waals surface area (Å²) in [6, 6.07) is 0. The zero-order valence-electron chi connectivity index (χ0n) is 10.3. The van der Waals surface area contributed by atoms with Gasteiger partial charge in [0.05, 0.1) is 0 Å². The third-order valence-electron chi connectivity index (χ3n) is 3.60. The van der Waals surface area contributed by atoms with Crippen LogP contribution in [0.25, 0.3) is 0 Å². The van der Waals surface area contributed by atoms with E-state index in [0.717, 1.165) is 17.8 Å². The minimum absolute atomic E-state index is 0.930. The molecule has 0 bridgehead atoms. The highest BCUT2D eigenvalue weighted by Crippen LogP contribution is 2.31. The van der Waals surface area contributed by atoms with Crippen molar-refractivity contribution in [2.24, 2.45) is 17.8 Å². The third kappa shape index (κ3) is 4.15. The van der Waals surface area contributed by atoms with Gasteiger partial charge in [-0.1, -0.05) is 66.7 Å². The van der Waals surface area contributed by atoms with Crippen LogP contribution in [-0.2, 0) is 0 Å². The first-order valence-corrected chi connectivity index (χ1v) is 6.21. The van der Waals surface area contributed by atoms with Gasteiger partial charge >= 0.3 is 0 Å². The molecular formula is C13H28. The van der Waals surface area contributed by atoms with Gasteiger partial charge in [0.1, 0.15) is 0 Å². The lowest BCUT2D eigenvalue weighted by atomic mass is 9.76. The smallest absolute Gasteiger partial charge is 0.0363 e. The lowest BCUT2D eigenvalue weighted by molar-refractivity contribution is 0.209. The van der Waals surface area contributed by atoms with E-state index in [4.69, 9.17) is 0 Å². The fraction of sp³-hybridized carbons (Fsp3) is 1.00. The van der Waals surface area contributed by atoms with E-state index in [2.05, 4.69) is 34.6 Å². The molecule has 0 aromatic carbocycles. The normalized spacial score (nSPS) is 16.2. The number of hydrogen-bond donors (Lipinski definition) is 0. The van der Waals surface area contributed by atoms with Gasteiger partial charge in [-0.3, -0.25) is 0 Å². The fourth-order valence-corrected chi connectivity index (χ4v) is 2.76. The van der Waals surface area contributed by atoms with E-state index < -0.39 is 0 Å². The van der Waals surface area contributed by atoms with Gasteiger partial charge in [0.15, 0.2) is 0 Å². The first-order valence-electron chi connectivity index (χ1n) is 6.21. The van der Waals surface area contributed by atoms with Crippen molar-refractivity contribution in [2.75, 3.05) is 0 Å². The molecule has 0 radical (unpaired) electrons. The third-order valence-corrected chi connectivity index (χ3v) is 3.60. The average molecular weight is 184 g/mol. The lowest BCUT2D eigenvalue weighted by Crippen LogP contribution is -2.20. The van der Waals surface area contributed by atoms with Crippen molar-refractivity contribution in [1.82, 2.24) is 0 Å². The van der Waals surface area contributed by atoms with Crippen LogP contribution >= 0.6 is 0 Å². The quantitative estimate of drug-likeness (QED) is 0.528. The Morgan fingerprint density at radius 3 is 1.69 bits per heavy atom. The molecular weight excluding hydrogens is 156 g/mol. The van der Waals surface area contributed by atoms with Crippen molar-refractivity contribution in [3.05, 3.63) is 0 Å². The summed E-state index contributed by atoms with van der Waals surface area (Å²) in [5, 5.41) is 0. The molecule has 0 saturated carbocycles. The van der Waals surface area contributed by atoms with E-state index in [1.165, 1.54) is 32.1 Å². The molecule has 0 spiro atoms. The molecule has 0 heteroatoms. The summed E-state index contributed by atoms with van der Waals surface area (Å²) in [5.41, 5.74) is 0. The second-order valence-electron chi connectivity index (χ2n) is 4.41. The van der Waals surface area contributed by atoms with E-state index in [0.29, 0.717) is 0 Å². The summed E-state index contributed by atoms with van der Waals surface area (Å²) in [6.07, 6.45) is 6.85. The maximum atomic E-state index is 2.44. The lowest BCUT2D eigenvalue weighted by Gasteiger charge is -2.29.